The van der Waals surface area contributed by atoms with Gasteiger partial charge in [0.1, 0.15) is 11.3 Å². The molecule has 1 aromatic heterocycles. The summed E-state index contributed by atoms with van der Waals surface area (Å²) in [6, 6.07) is 0. The van der Waals surface area contributed by atoms with Gasteiger partial charge in [0, 0.05) is 6.54 Å². The van der Waals surface area contributed by atoms with E-state index in [4.69, 9.17) is 4.74 Å². The van der Waals surface area contributed by atoms with Crippen LogP contribution < -0.4 is 4.74 Å². The number of hydrogen-bond acceptors (Lipinski definition) is 4. The highest BCUT2D eigenvalue weighted by Crippen LogP contribution is 2.33. The average Bonchev–Trinajstić information content (AvgIpc) is 2.69. The van der Waals surface area contributed by atoms with E-state index in [1.54, 1.807) is 13.3 Å². The summed E-state index contributed by atoms with van der Waals surface area (Å²) >= 11 is 0. The van der Waals surface area contributed by atoms with Gasteiger partial charge in [0.15, 0.2) is 5.75 Å². The Morgan fingerprint density at radius 1 is 1.50 bits per heavy atom. The lowest BCUT2D eigenvalue weighted by molar-refractivity contribution is 0.0346. The summed E-state index contributed by atoms with van der Waals surface area (Å²) in [5.74, 6) is 0.659. The Labute approximate surface area is 109 Å². The van der Waals surface area contributed by atoms with E-state index in [2.05, 4.69) is 16.9 Å². The van der Waals surface area contributed by atoms with Crippen molar-refractivity contribution in [1.82, 2.24) is 14.7 Å². The predicted octanol–water partition coefficient (Wildman–Crippen LogP) is 1.46. The number of hydrogen-bond donors (Lipinski definition) is 1. The van der Waals surface area contributed by atoms with Gasteiger partial charge in [0.05, 0.1) is 19.9 Å². The molecule has 0 aliphatic rings. The van der Waals surface area contributed by atoms with Crippen molar-refractivity contribution in [2.75, 3.05) is 27.7 Å². The van der Waals surface area contributed by atoms with Gasteiger partial charge in [-0.25, -0.2) is 0 Å². The lowest BCUT2D eigenvalue weighted by Crippen LogP contribution is -2.28. The summed E-state index contributed by atoms with van der Waals surface area (Å²) in [6.07, 6.45) is 3.28. The molecule has 0 amide bonds. The summed E-state index contributed by atoms with van der Waals surface area (Å²) in [7, 11) is 5.65. The standard InChI is InChI=1S/C13H25N3O2/c1-6-7-13(2,17)12-11(18-5)10-14-16(12)9-8-15(3)4/h10,17H,6-9H2,1-5H3. The molecule has 0 spiro atoms. The van der Waals surface area contributed by atoms with Gasteiger partial charge < -0.3 is 14.7 Å². The van der Waals surface area contributed by atoms with Crippen molar-refractivity contribution in [3.05, 3.63) is 11.9 Å². The monoisotopic (exact) mass is 255 g/mol. The fourth-order valence-corrected chi connectivity index (χ4v) is 2.13. The van der Waals surface area contributed by atoms with Crippen molar-refractivity contribution in [3.8, 4) is 5.75 Å². The zero-order valence-corrected chi connectivity index (χ0v) is 12.1. The fourth-order valence-electron chi connectivity index (χ4n) is 2.13. The average molecular weight is 255 g/mol. The van der Waals surface area contributed by atoms with Crippen LogP contribution >= 0.6 is 0 Å². The first kappa shape index (κ1) is 15.0. The third-order valence-corrected chi connectivity index (χ3v) is 3.03. The summed E-state index contributed by atoms with van der Waals surface area (Å²) in [6.45, 7) is 5.50. The van der Waals surface area contributed by atoms with Crippen LogP contribution in [0.4, 0.5) is 0 Å². The first-order chi connectivity index (χ1) is 8.42. The van der Waals surface area contributed by atoms with Gasteiger partial charge in [-0.2, -0.15) is 5.10 Å². The predicted molar refractivity (Wildman–Crippen MR) is 71.8 cm³/mol. The van der Waals surface area contributed by atoms with E-state index < -0.39 is 5.60 Å². The minimum absolute atomic E-state index is 0.659. The lowest BCUT2D eigenvalue weighted by Gasteiger charge is -2.25. The fraction of sp³-hybridized carbons (Fsp3) is 0.769. The number of methoxy groups -OCH3 is 1. The molecule has 0 aliphatic heterocycles. The van der Waals surface area contributed by atoms with Crippen molar-refractivity contribution in [3.63, 3.8) is 0 Å². The van der Waals surface area contributed by atoms with E-state index in [1.807, 2.05) is 25.7 Å². The van der Waals surface area contributed by atoms with Crippen molar-refractivity contribution >= 4 is 0 Å². The van der Waals surface area contributed by atoms with E-state index in [-0.39, 0.29) is 0 Å². The third-order valence-electron chi connectivity index (χ3n) is 3.03. The molecule has 1 unspecified atom stereocenters. The summed E-state index contributed by atoms with van der Waals surface area (Å²) in [4.78, 5) is 2.09. The second-order valence-electron chi connectivity index (χ2n) is 5.11. The van der Waals surface area contributed by atoms with Crippen molar-refractivity contribution in [2.45, 2.75) is 38.8 Å². The van der Waals surface area contributed by atoms with Crippen LogP contribution in [-0.2, 0) is 12.1 Å². The molecule has 0 saturated carbocycles. The van der Waals surface area contributed by atoms with E-state index in [0.717, 1.165) is 25.2 Å². The molecular weight excluding hydrogens is 230 g/mol. The summed E-state index contributed by atoms with van der Waals surface area (Å²) < 4.78 is 7.15. The molecular formula is C13H25N3O2. The number of rotatable bonds is 7. The first-order valence-corrected chi connectivity index (χ1v) is 6.39. The molecule has 5 heteroatoms. The molecule has 1 aromatic rings. The van der Waals surface area contributed by atoms with Crippen LogP contribution in [0.3, 0.4) is 0 Å². The highest BCUT2D eigenvalue weighted by atomic mass is 16.5. The Kier molecular flexibility index (Phi) is 5.16. The maximum Gasteiger partial charge on any atom is 0.162 e. The Morgan fingerprint density at radius 3 is 2.67 bits per heavy atom. The van der Waals surface area contributed by atoms with E-state index in [9.17, 15) is 5.11 Å². The van der Waals surface area contributed by atoms with Crippen LogP contribution in [0.5, 0.6) is 5.75 Å². The largest absolute Gasteiger partial charge is 0.493 e. The van der Waals surface area contributed by atoms with Gasteiger partial charge >= 0.3 is 0 Å². The number of aliphatic hydroxyl groups is 1. The van der Waals surface area contributed by atoms with Crippen LogP contribution in [0.2, 0.25) is 0 Å². The molecule has 18 heavy (non-hydrogen) atoms. The van der Waals surface area contributed by atoms with Gasteiger partial charge in [-0.1, -0.05) is 13.3 Å². The molecule has 5 nitrogen and oxygen atoms in total. The highest BCUT2D eigenvalue weighted by Gasteiger charge is 2.30. The Balaban J connectivity index is 3.01. The number of nitrogens with zero attached hydrogens (tertiary/aromatic N) is 3. The Bertz CT molecular complexity index is 372. The topological polar surface area (TPSA) is 50.5 Å². The minimum atomic E-state index is -0.900. The van der Waals surface area contributed by atoms with Crippen LogP contribution in [0.25, 0.3) is 0 Å². The van der Waals surface area contributed by atoms with Crippen molar-refractivity contribution in [1.29, 1.82) is 0 Å². The summed E-state index contributed by atoms with van der Waals surface area (Å²) in [5.41, 5.74) is -0.128. The second-order valence-corrected chi connectivity index (χ2v) is 5.11. The van der Waals surface area contributed by atoms with E-state index in [0.29, 0.717) is 12.2 Å². The molecule has 1 N–H and O–H groups in total. The van der Waals surface area contributed by atoms with Crippen LogP contribution in [0.1, 0.15) is 32.4 Å². The molecule has 0 bridgehead atoms. The van der Waals surface area contributed by atoms with E-state index in [1.165, 1.54) is 0 Å². The van der Waals surface area contributed by atoms with Gasteiger partial charge in [-0.15, -0.1) is 0 Å². The smallest absolute Gasteiger partial charge is 0.162 e. The molecule has 1 rings (SSSR count). The van der Waals surface area contributed by atoms with Gasteiger partial charge in [-0.3, -0.25) is 4.68 Å². The molecule has 0 saturated heterocycles. The molecule has 0 radical (unpaired) electrons. The SMILES string of the molecule is CCCC(C)(O)c1c(OC)cnn1CCN(C)C. The highest BCUT2D eigenvalue weighted by molar-refractivity contribution is 5.30. The Morgan fingerprint density at radius 2 is 2.17 bits per heavy atom. The summed E-state index contributed by atoms with van der Waals surface area (Å²) in [5, 5.41) is 14.9. The molecule has 104 valence electrons. The third kappa shape index (κ3) is 3.46. The van der Waals surface area contributed by atoms with Crippen LogP contribution in [-0.4, -0.2) is 47.5 Å². The molecule has 0 aliphatic carbocycles. The van der Waals surface area contributed by atoms with Crippen molar-refractivity contribution < 1.29 is 9.84 Å². The normalized spacial score (nSPS) is 14.8. The molecule has 1 heterocycles. The zero-order valence-electron chi connectivity index (χ0n) is 12.1. The minimum Gasteiger partial charge on any atom is -0.493 e. The number of likely N-dealkylation sites (N-methyl/N-ethyl adjacent to an activating group) is 1. The van der Waals surface area contributed by atoms with Gasteiger partial charge in [0.2, 0.25) is 0 Å². The van der Waals surface area contributed by atoms with Crippen molar-refractivity contribution in [2.24, 2.45) is 0 Å². The maximum atomic E-state index is 10.6. The first-order valence-electron chi connectivity index (χ1n) is 6.39. The Hall–Kier alpha value is -1.07. The van der Waals surface area contributed by atoms with Crippen LogP contribution in [0.15, 0.2) is 6.20 Å². The number of aromatic nitrogens is 2. The quantitative estimate of drug-likeness (QED) is 0.801. The number of ether oxygens (including phenoxy) is 1. The molecule has 0 aromatic carbocycles. The maximum absolute atomic E-state index is 10.6. The second kappa shape index (κ2) is 6.20. The van der Waals surface area contributed by atoms with Gasteiger partial charge in [0.25, 0.3) is 0 Å². The lowest BCUT2D eigenvalue weighted by atomic mass is 9.96. The molecule has 1 atom stereocenters. The molecule has 0 fully saturated rings. The van der Waals surface area contributed by atoms with E-state index >= 15 is 0 Å². The zero-order chi connectivity index (χ0) is 13.8. The van der Waals surface area contributed by atoms with Crippen LogP contribution in [0, 0.1) is 0 Å². The van der Waals surface area contributed by atoms with Gasteiger partial charge in [-0.05, 0) is 27.4 Å².